The van der Waals surface area contributed by atoms with Crippen molar-refractivity contribution < 1.29 is 9.53 Å². The van der Waals surface area contributed by atoms with Gasteiger partial charge in [0, 0.05) is 25.2 Å². The molecule has 3 aromatic rings. The third-order valence-electron chi connectivity index (χ3n) is 6.23. The molecule has 0 N–H and O–H groups in total. The largest absolute Gasteiger partial charge is 0.497 e. The van der Waals surface area contributed by atoms with E-state index in [1.165, 1.54) is 0 Å². The van der Waals surface area contributed by atoms with Crippen molar-refractivity contribution in [2.24, 2.45) is 7.05 Å². The number of hydrogen-bond donors (Lipinski definition) is 0. The van der Waals surface area contributed by atoms with E-state index in [9.17, 15) is 4.79 Å². The Hall–Kier alpha value is -2.89. The molecule has 2 aromatic heterocycles. The molecule has 0 bridgehead atoms. The lowest BCUT2D eigenvalue weighted by molar-refractivity contribution is 0.0737. The number of carbonyl (C=O) groups excluding carboxylic acids is 1. The summed E-state index contributed by atoms with van der Waals surface area (Å²) in [4.78, 5) is 20.6. The number of methoxy groups -OCH3 is 1. The summed E-state index contributed by atoms with van der Waals surface area (Å²) in [5.74, 6) is 1.41. The zero-order chi connectivity index (χ0) is 20.1. The molecule has 0 spiro atoms. The van der Waals surface area contributed by atoms with E-state index in [2.05, 4.69) is 17.2 Å². The molecule has 29 heavy (non-hydrogen) atoms. The summed E-state index contributed by atoms with van der Waals surface area (Å²) < 4.78 is 7.09. The summed E-state index contributed by atoms with van der Waals surface area (Å²) in [6, 6.07) is 10.2. The van der Waals surface area contributed by atoms with Crippen LogP contribution in [0.25, 0.3) is 11.0 Å². The summed E-state index contributed by atoms with van der Waals surface area (Å²) in [6.07, 6.45) is 4.30. The van der Waals surface area contributed by atoms with Crippen LogP contribution in [0.3, 0.4) is 0 Å². The highest BCUT2D eigenvalue weighted by molar-refractivity contribution is 6.06. The van der Waals surface area contributed by atoms with Crippen LogP contribution in [-0.4, -0.2) is 39.2 Å². The Morgan fingerprint density at radius 2 is 1.93 bits per heavy atom. The second-order valence-corrected chi connectivity index (χ2v) is 8.21. The molecule has 1 aliphatic heterocycles. The molecule has 3 heterocycles. The number of amides is 1. The second kappa shape index (κ2) is 6.87. The lowest BCUT2D eigenvalue weighted by Crippen LogP contribution is -2.31. The topological polar surface area (TPSA) is 60.2 Å². The van der Waals surface area contributed by atoms with Crippen molar-refractivity contribution in [1.29, 1.82) is 0 Å². The van der Waals surface area contributed by atoms with Crippen LogP contribution in [0.1, 0.15) is 65.0 Å². The van der Waals surface area contributed by atoms with Crippen LogP contribution >= 0.6 is 0 Å². The third kappa shape index (κ3) is 3.07. The van der Waals surface area contributed by atoms with Gasteiger partial charge in [-0.05, 0) is 56.4 Å². The van der Waals surface area contributed by atoms with Gasteiger partial charge in [0.15, 0.2) is 5.65 Å². The van der Waals surface area contributed by atoms with Crippen molar-refractivity contribution in [1.82, 2.24) is 19.7 Å². The van der Waals surface area contributed by atoms with Crippen molar-refractivity contribution in [2.45, 2.75) is 44.6 Å². The standard InChI is InChI=1S/C23H26N4O2/c1-14-21-18(13-19(15-6-7-15)24-22(21)26(2)25-14)23(28)27-12-4-5-20(27)16-8-10-17(29-3)11-9-16/h8-11,13,15,20H,4-7,12H2,1-3H3. The van der Waals surface area contributed by atoms with Crippen molar-refractivity contribution in [3.8, 4) is 5.75 Å². The highest BCUT2D eigenvalue weighted by atomic mass is 16.5. The minimum Gasteiger partial charge on any atom is -0.497 e. The number of pyridine rings is 1. The number of fused-ring (bicyclic) bond motifs is 1. The SMILES string of the molecule is COc1ccc(C2CCCN2C(=O)c2cc(C3CC3)nc3c2c(C)nn3C)cc1. The van der Waals surface area contributed by atoms with Crippen LogP contribution in [0.4, 0.5) is 0 Å². The molecule has 1 unspecified atom stereocenters. The number of benzene rings is 1. The van der Waals surface area contributed by atoms with Crippen molar-refractivity contribution >= 4 is 16.9 Å². The Kier molecular flexibility index (Phi) is 4.30. The second-order valence-electron chi connectivity index (χ2n) is 8.21. The summed E-state index contributed by atoms with van der Waals surface area (Å²) in [6.45, 7) is 2.74. The van der Waals surface area contributed by atoms with Crippen molar-refractivity contribution in [3.63, 3.8) is 0 Å². The van der Waals surface area contributed by atoms with Gasteiger partial charge < -0.3 is 9.64 Å². The monoisotopic (exact) mass is 390 g/mol. The van der Waals surface area contributed by atoms with Gasteiger partial charge in [0.1, 0.15) is 5.75 Å². The van der Waals surface area contributed by atoms with Crippen LogP contribution < -0.4 is 4.74 Å². The van der Waals surface area contributed by atoms with Gasteiger partial charge in [-0.25, -0.2) is 4.98 Å². The van der Waals surface area contributed by atoms with E-state index in [0.29, 0.717) is 5.92 Å². The molecule has 2 fully saturated rings. The first-order valence-corrected chi connectivity index (χ1v) is 10.4. The molecule has 1 aromatic carbocycles. The van der Waals surface area contributed by atoms with E-state index >= 15 is 0 Å². The van der Waals surface area contributed by atoms with Crippen LogP contribution in [0.2, 0.25) is 0 Å². The van der Waals surface area contributed by atoms with E-state index in [0.717, 1.165) is 71.5 Å². The molecule has 150 valence electrons. The first-order valence-electron chi connectivity index (χ1n) is 10.4. The quantitative estimate of drug-likeness (QED) is 0.672. The minimum absolute atomic E-state index is 0.0914. The lowest BCUT2D eigenvalue weighted by atomic mass is 10.0. The smallest absolute Gasteiger partial charge is 0.255 e. The molecule has 1 amide bonds. The van der Waals surface area contributed by atoms with Crippen molar-refractivity contribution in [3.05, 3.63) is 52.8 Å². The van der Waals surface area contributed by atoms with Gasteiger partial charge in [0.05, 0.1) is 29.8 Å². The molecule has 1 atom stereocenters. The van der Waals surface area contributed by atoms with E-state index in [-0.39, 0.29) is 11.9 Å². The Morgan fingerprint density at radius 1 is 1.17 bits per heavy atom. The number of carbonyl (C=O) groups is 1. The van der Waals surface area contributed by atoms with Gasteiger partial charge in [-0.3, -0.25) is 9.48 Å². The molecule has 6 heteroatoms. The molecule has 6 nitrogen and oxygen atoms in total. The highest BCUT2D eigenvalue weighted by Crippen LogP contribution is 2.41. The summed E-state index contributed by atoms with van der Waals surface area (Å²) in [5, 5.41) is 5.44. The van der Waals surface area contributed by atoms with Gasteiger partial charge in [-0.1, -0.05) is 12.1 Å². The van der Waals surface area contributed by atoms with Crippen LogP contribution in [0, 0.1) is 6.92 Å². The summed E-state index contributed by atoms with van der Waals surface area (Å²) in [7, 11) is 3.58. The van der Waals surface area contributed by atoms with E-state index in [1.54, 1.807) is 11.8 Å². The number of hydrogen-bond acceptors (Lipinski definition) is 4. The maximum absolute atomic E-state index is 13.8. The van der Waals surface area contributed by atoms with Crippen LogP contribution in [-0.2, 0) is 7.05 Å². The van der Waals surface area contributed by atoms with Crippen LogP contribution in [0.5, 0.6) is 5.75 Å². The molecule has 1 saturated heterocycles. The summed E-state index contributed by atoms with van der Waals surface area (Å²) >= 11 is 0. The van der Waals surface area contributed by atoms with Crippen molar-refractivity contribution in [2.75, 3.05) is 13.7 Å². The number of ether oxygens (including phenoxy) is 1. The Bertz CT molecular complexity index is 1080. The van der Waals surface area contributed by atoms with Gasteiger partial charge >= 0.3 is 0 Å². The Balaban J connectivity index is 1.56. The number of aromatic nitrogens is 3. The highest BCUT2D eigenvalue weighted by Gasteiger charge is 2.34. The zero-order valence-corrected chi connectivity index (χ0v) is 17.2. The lowest BCUT2D eigenvalue weighted by Gasteiger charge is -2.26. The molecule has 0 radical (unpaired) electrons. The predicted octanol–water partition coefficient (Wildman–Crippen LogP) is 4.14. The zero-order valence-electron chi connectivity index (χ0n) is 17.2. The molecular formula is C23H26N4O2. The Labute approximate surface area is 170 Å². The molecule has 5 rings (SSSR count). The number of aryl methyl sites for hydroxylation is 2. The van der Waals surface area contributed by atoms with Gasteiger partial charge in [-0.2, -0.15) is 5.10 Å². The predicted molar refractivity (Wildman–Crippen MR) is 111 cm³/mol. The number of rotatable bonds is 4. The molecular weight excluding hydrogens is 364 g/mol. The molecule has 1 saturated carbocycles. The average molecular weight is 390 g/mol. The molecule has 2 aliphatic rings. The fourth-order valence-corrected chi connectivity index (χ4v) is 4.56. The van der Waals surface area contributed by atoms with E-state index in [1.807, 2.05) is 37.1 Å². The van der Waals surface area contributed by atoms with Gasteiger partial charge in [-0.15, -0.1) is 0 Å². The van der Waals surface area contributed by atoms with E-state index < -0.39 is 0 Å². The Morgan fingerprint density at radius 3 is 2.62 bits per heavy atom. The van der Waals surface area contributed by atoms with Gasteiger partial charge in [0.2, 0.25) is 0 Å². The maximum Gasteiger partial charge on any atom is 0.255 e. The van der Waals surface area contributed by atoms with E-state index in [4.69, 9.17) is 9.72 Å². The normalized spacial score (nSPS) is 19.1. The fourth-order valence-electron chi connectivity index (χ4n) is 4.56. The minimum atomic E-state index is 0.0914. The molecule has 1 aliphatic carbocycles. The first kappa shape index (κ1) is 18.2. The van der Waals surface area contributed by atoms with Crippen LogP contribution in [0.15, 0.2) is 30.3 Å². The maximum atomic E-state index is 13.8. The fraction of sp³-hybridized carbons (Fsp3) is 0.435. The number of nitrogens with zero attached hydrogens (tertiary/aromatic N) is 4. The number of likely N-dealkylation sites (tertiary alicyclic amines) is 1. The average Bonchev–Trinajstić information content (AvgIpc) is 3.41. The van der Waals surface area contributed by atoms with Gasteiger partial charge in [0.25, 0.3) is 5.91 Å². The summed E-state index contributed by atoms with van der Waals surface area (Å²) in [5.41, 5.74) is 4.62. The third-order valence-corrected chi connectivity index (χ3v) is 6.23. The first-order chi connectivity index (χ1) is 14.1.